The number of carbonyl (C=O) groups excluding carboxylic acids is 1. The first-order chi connectivity index (χ1) is 21.5. The minimum Gasteiger partial charge on any atom is -0.406 e. The predicted octanol–water partition coefficient (Wildman–Crippen LogP) is 4.92. The number of thioether (sulfide) groups is 1. The summed E-state index contributed by atoms with van der Waals surface area (Å²) in [5, 5.41) is 8.94. The van der Waals surface area contributed by atoms with Crippen molar-refractivity contribution < 1.29 is 35.9 Å². The molecule has 6 rings (SSSR count). The molecule has 3 heterocycles. The van der Waals surface area contributed by atoms with Crippen LogP contribution in [0.25, 0.3) is 17.1 Å². The normalized spacial score (nSPS) is 17.3. The van der Waals surface area contributed by atoms with Gasteiger partial charge < -0.3 is 14.4 Å². The van der Waals surface area contributed by atoms with Gasteiger partial charge in [0.2, 0.25) is 15.9 Å². The van der Waals surface area contributed by atoms with Crippen molar-refractivity contribution in [3.05, 3.63) is 78.4 Å². The van der Waals surface area contributed by atoms with Gasteiger partial charge in [0.15, 0.2) is 11.0 Å². The molecule has 2 aliphatic heterocycles. The maximum atomic E-state index is 13.4. The van der Waals surface area contributed by atoms with Gasteiger partial charge in [0.05, 0.1) is 23.9 Å². The predicted molar refractivity (Wildman–Crippen MR) is 161 cm³/mol. The van der Waals surface area contributed by atoms with E-state index in [1.165, 1.54) is 28.6 Å². The molecular formula is C30H28F3N5O5S2. The van der Waals surface area contributed by atoms with Gasteiger partial charge >= 0.3 is 6.36 Å². The number of hydrogen-bond acceptors (Lipinski definition) is 8. The van der Waals surface area contributed by atoms with Crippen LogP contribution in [0.3, 0.4) is 0 Å². The molecule has 4 aromatic rings. The average Bonchev–Trinajstić information content (AvgIpc) is 3.60. The summed E-state index contributed by atoms with van der Waals surface area (Å²) in [5.74, 6) is -0.294. The molecule has 1 atom stereocenters. The minimum atomic E-state index is -4.86. The molecule has 3 aromatic carbocycles. The highest BCUT2D eigenvalue weighted by Gasteiger charge is 2.33. The van der Waals surface area contributed by atoms with Crippen molar-refractivity contribution in [1.82, 2.24) is 19.1 Å². The Labute approximate surface area is 261 Å². The molecule has 2 aliphatic rings. The number of para-hydroxylation sites is 1. The van der Waals surface area contributed by atoms with E-state index in [0.717, 1.165) is 41.6 Å². The fraction of sp³-hybridized carbons (Fsp3) is 0.300. The highest BCUT2D eigenvalue weighted by molar-refractivity contribution is 7.99. The number of aromatic nitrogens is 3. The summed E-state index contributed by atoms with van der Waals surface area (Å²) in [5.41, 5.74) is 2.74. The highest BCUT2D eigenvalue weighted by atomic mass is 32.2. The van der Waals surface area contributed by atoms with Gasteiger partial charge in [-0.3, -0.25) is 9.36 Å². The van der Waals surface area contributed by atoms with Crippen LogP contribution in [0, 0.1) is 0 Å². The van der Waals surface area contributed by atoms with Crippen molar-refractivity contribution >= 4 is 33.4 Å². The number of anilines is 1. The molecule has 1 aromatic heterocycles. The van der Waals surface area contributed by atoms with Crippen molar-refractivity contribution in [3.63, 3.8) is 0 Å². The molecular weight excluding hydrogens is 631 g/mol. The first-order valence-corrected chi connectivity index (χ1v) is 16.5. The van der Waals surface area contributed by atoms with Gasteiger partial charge in [0.1, 0.15) is 5.75 Å². The quantitative estimate of drug-likeness (QED) is 0.246. The van der Waals surface area contributed by atoms with Gasteiger partial charge in [-0.2, -0.15) is 4.31 Å². The summed E-state index contributed by atoms with van der Waals surface area (Å²) < 4.78 is 77.4. The van der Waals surface area contributed by atoms with Crippen LogP contribution in [0.1, 0.15) is 12.5 Å². The van der Waals surface area contributed by atoms with Crippen molar-refractivity contribution in [2.24, 2.45) is 0 Å². The van der Waals surface area contributed by atoms with Crippen LogP contribution in [0.5, 0.6) is 5.75 Å². The molecule has 236 valence electrons. The Morgan fingerprint density at radius 3 is 2.49 bits per heavy atom. The Bertz CT molecular complexity index is 1810. The third-order valence-electron chi connectivity index (χ3n) is 7.46. The SMILES string of the molecule is CC1Cc2ccccc2N1C(=O)CSc1nnc(-c2cccc(S(=O)(=O)N3CCOCC3)c2)n1-c1ccc(OC(F)(F)F)cc1. The number of hydrogen-bond donors (Lipinski definition) is 0. The van der Waals surface area contributed by atoms with E-state index in [-0.39, 0.29) is 41.5 Å². The maximum absolute atomic E-state index is 13.4. The van der Waals surface area contributed by atoms with Crippen LogP contribution < -0.4 is 9.64 Å². The summed E-state index contributed by atoms with van der Waals surface area (Å²) in [6.07, 6.45) is -4.12. The van der Waals surface area contributed by atoms with Crippen LogP contribution in [0.15, 0.2) is 82.8 Å². The molecule has 10 nitrogen and oxygen atoms in total. The Kier molecular flexibility index (Phi) is 8.61. The lowest BCUT2D eigenvalue weighted by atomic mass is 10.1. The van der Waals surface area contributed by atoms with Crippen molar-refractivity contribution in [2.75, 3.05) is 37.0 Å². The van der Waals surface area contributed by atoms with Crippen LogP contribution in [0.2, 0.25) is 0 Å². The van der Waals surface area contributed by atoms with E-state index >= 15 is 0 Å². The number of rotatable bonds is 8. The van der Waals surface area contributed by atoms with Gasteiger partial charge in [-0.15, -0.1) is 23.4 Å². The number of benzene rings is 3. The number of ether oxygens (including phenoxy) is 2. The summed E-state index contributed by atoms with van der Waals surface area (Å²) >= 11 is 1.12. The number of sulfonamides is 1. The second-order valence-corrected chi connectivity index (χ2v) is 13.3. The molecule has 0 bridgehead atoms. The average molecular weight is 660 g/mol. The molecule has 1 saturated heterocycles. The van der Waals surface area contributed by atoms with E-state index in [4.69, 9.17) is 4.74 Å². The standard InChI is InChI=1S/C30H28F3N5O5S2/c1-20-17-21-5-2-3-8-26(21)37(20)27(39)19-44-29-35-34-28(38(29)23-9-11-24(12-10-23)43-30(31,32)33)22-6-4-7-25(18-22)45(40,41)36-13-15-42-16-14-36/h2-12,18,20H,13-17,19H2,1H3. The number of nitrogens with zero attached hydrogens (tertiary/aromatic N) is 5. The van der Waals surface area contributed by atoms with Crippen LogP contribution in [-0.2, 0) is 26.0 Å². The van der Waals surface area contributed by atoms with Crippen LogP contribution >= 0.6 is 11.8 Å². The van der Waals surface area contributed by atoms with Crippen molar-refractivity contribution in [3.8, 4) is 22.8 Å². The lowest BCUT2D eigenvalue weighted by Crippen LogP contribution is -2.40. The Morgan fingerprint density at radius 2 is 1.76 bits per heavy atom. The Morgan fingerprint density at radius 1 is 1.02 bits per heavy atom. The van der Waals surface area contributed by atoms with Gasteiger partial charge in [-0.25, -0.2) is 8.42 Å². The fourth-order valence-electron chi connectivity index (χ4n) is 5.45. The van der Waals surface area contributed by atoms with E-state index in [9.17, 15) is 26.4 Å². The molecule has 0 spiro atoms. The number of amides is 1. The molecule has 0 aliphatic carbocycles. The topological polar surface area (TPSA) is 107 Å². The highest BCUT2D eigenvalue weighted by Crippen LogP contribution is 2.35. The molecule has 1 unspecified atom stereocenters. The fourth-order valence-corrected chi connectivity index (χ4v) is 7.72. The molecule has 0 radical (unpaired) electrons. The maximum Gasteiger partial charge on any atom is 0.573 e. The van der Waals surface area contributed by atoms with E-state index in [2.05, 4.69) is 14.9 Å². The zero-order valence-electron chi connectivity index (χ0n) is 24.0. The zero-order chi connectivity index (χ0) is 31.8. The number of carbonyl (C=O) groups is 1. The largest absolute Gasteiger partial charge is 0.573 e. The van der Waals surface area contributed by atoms with Gasteiger partial charge in [-0.05, 0) is 61.4 Å². The molecule has 0 N–H and O–H groups in total. The smallest absolute Gasteiger partial charge is 0.406 e. The van der Waals surface area contributed by atoms with Gasteiger partial charge in [0, 0.05) is 36.1 Å². The summed E-state index contributed by atoms with van der Waals surface area (Å²) in [7, 11) is -3.83. The van der Waals surface area contributed by atoms with E-state index < -0.39 is 22.1 Å². The monoisotopic (exact) mass is 659 g/mol. The lowest BCUT2D eigenvalue weighted by molar-refractivity contribution is -0.274. The van der Waals surface area contributed by atoms with E-state index in [1.807, 2.05) is 31.2 Å². The first kappa shape index (κ1) is 31.1. The summed E-state index contributed by atoms with van der Waals surface area (Å²) in [6.45, 7) is 3.02. The summed E-state index contributed by atoms with van der Waals surface area (Å²) in [6, 6.07) is 19.1. The second-order valence-electron chi connectivity index (χ2n) is 10.5. The Hall–Kier alpha value is -3.92. The molecule has 45 heavy (non-hydrogen) atoms. The van der Waals surface area contributed by atoms with Gasteiger partial charge in [0.25, 0.3) is 0 Å². The number of fused-ring (bicyclic) bond motifs is 1. The number of morpholine rings is 1. The van der Waals surface area contributed by atoms with Crippen molar-refractivity contribution in [1.29, 1.82) is 0 Å². The number of halogens is 3. The van der Waals surface area contributed by atoms with Crippen LogP contribution in [0.4, 0.5) is 18.9 Å². The first-order valence-electron chi connectivity index (χ1n) is 14.0. The molecule has 1 fully saturated rings. The van der Waals surface area contributed by atoms with Crippen LogP contribution in [-0.4, -0.2) is 77.9 Å². The Balaban J connectivity index is 1.34. The van der Waals surface area contributed by atoms with Crippen molar-refractivity contribution in [2.45, 2.75) is 35.8 Å². The molecule has 1 amide bonds. The second kappa shape index (κ2) is 12.5. The third-order valence-corrected chi connectivity index (χ3v) is 10.3. The minimum absolute atomic E-state index is 0.0114. The summed E-state index contributed by atoms with van der Waals surface area (Å²) in [4.78, 5) is 15.3. The third kappa shape index (κ3) is 6.57. The molecule has 0 saturated carbocycles. The molecule has 15 heteroatoms. The van der Waals surface area contributed by atoms with Gasteiger partial charge in [-0.1, -0.05) is 42.1 Å². The van der Waals surface area contributed by atoms with E-state index in [0.29, 0.717) is 29.6 Å². The number of alkyl halides is 3. The van der Waals surface area contributed by atoms with E-state index in [1.54, 1.807) is 21.6 Å². The zero-order valence-corrected chi connectivity index (χ0v) is 25.6. The lowest BCUT2D eigenvalue weighted by Gasteiger charge is -2.26.